The van der Waals surface area contributed by atoms with Gasteiger partial charge in [-0.2, -0.15) is 0 Å². The summed E-state index contributed by atoms with van der Waals surface area (Å²) in [6.07, 6.45) is 0. The standard InChI is InChI=1S/C16H25FN2O2/c1-16(2,19-7-9-21-10-8-19)15(18-3)12-5-6-14(20-4)13(17)11-12/h5-6,11,15,18H,7-10H2,1-4H3. The highest BCUT2D eigenvalue weighted by Crippen LogP contribution is 2.33. The molecule has 4 nitrogen and oxygen atoms in total. The van der Waals surface area contributed by atoms with E-state index >= 15 is 0 Å². The smallest absolute Gasteiger partial charge is 0.165 e. The first-order valence-electron chi connectivity index (χ1n) is 7.34. The third-order valence-electron chi connectivity index (χ3n) is 4.33. The highest BCUT2D eigenvalue weighted by Gasteiger charge is 2.36. The van der Waals surface area contributed by atoms with Gasteiger partial charge in [-0.15, -0.1) is 0 Å². The van der Waals surface area contributed by atoms with Crippen LogP contribution in [0.4, 0.5) is 4.39 Å². The van der Waals surface area contributed by atoms with Crippen LogP contribution in [-0.4, -0.2) is 50.9 Å². The summed E-state index contributed by atoms with van der Waals surface area (Å²) < 4.78 is 24.4. The Morgan fingerprint density at radius 3 is 2.52 bits per heavy atom. The molecule has 1 heterocycles. The van der Waals surface area contributed by atoms with E-state index in [1.807, 2.05) is 13.1 Å². The van der Waals surface area contributed by atoms with Gasteiger partial charge in [0.05, 0.1) is 26.4 Å². The number of likely N-dealkylation sites (N-methyl/N-ethyl adjacent to an activating group) is 1. The van der Waals surface area contributed by atoms with Crippen LogP contribution in [0.15, 0.2) is 18.2 Å². The van der Waals surface area contributed by atoms with E-state index in [0.717, 1.165) is 31.9 Å². The number of rotatable bonds is 5. The van der Waals surface area contributed by atoms with Crippen molar-refractivity contribution in [3.05, 3.63) is 29.6 Å². The molecule has 0 radical (unpaired) electrons. The second kappa shape index (κ2) is 6.73. The molecule has 0 spiro atoms. The maximum absolute atomic E-state index is 14.0. The lowest BCUT2D eigenvalue weighted by Crippen LogP contribution is -2.55. The van der Waals surface area contributed by atoms with E-state index in [9.17, 15) is 4.39 Å². The zero-order valence-electron chi connectivity index (χ0n) is 13.3. The monoisotopic (exact) mass is 296 g/mol. The molecule has 0 aromatic heterocycles. The Balaban J connectivity index is 2.27. The quantitative estimate of drug-likeness (QED) is 0.903. The number of ether oxygens (including phenoxy) is 2. The van der Waals surface area contributed by atoms with E-state index in [1.54, 1.807) is 12.1 Å². The largest absolute Gasteiger partial charge is 0.494 e. The van der Waals surface area contributed by atoms with Gasteiger partial charge >= 0.3 is 0 Å². The average molecular weight is 296 g/mol. The van der Waals surface area contributed by atoms with Crippen LogP contribution < -0.4 is 10.1 Å². The predicted molar refractivity (Wildman–Crippen MR) is 81.2 cm³/mol. The number of nitrogens with zero attached hydrogens (tertiary/aromatic N) is 1. The molecule has 118 valence electrons. The number of methoxy groups -OCH3 is 1. The Hall–Kier alpha value is -1.17. The summed E-state index contributed by atoms with van der Waals surface area (Å²) >= 11 is 0. The summed E-state index contributed by atoms with van der Waals surface area (Å²) in [5.74, 6) is -0.0502. The fraction of sp³-hybridized carbons (Fsp3) is 0.625. The minimum absolute atomic E-state index is 0.0241. The second-order valence-electron chi connectivity index (χ2n) is 5.87. The van der Waals surface area contributed by atoms with Crippen molar-refractivity contribution in [1.29, 1.82) is 0 Å². The van der Waals surface area contributed by atoms with Crippen molar-refractivity contribution < 1.29 is 13.9 Å². The molecule has 1 aliphatic heterocycles. The van der Waals surface area contributed by atoms with Crippen molar-refractivity contribution in [2.45, 2.75) is 25.4 Å². The van der Waals surface area contributed by atoms with E-state index in [-0.39, 0.29) is 23.1 Å². The number of halogens is 1. The van der Waals surface area contributed by atoms with Gasteiger partial charge in [0.2, 0.25) is 0 Å². The van der Waals surface area contributed by atoms with Crippen molar-refractivity contribution in [2.75, 3.05) is 40.5 Å². The Morgan fingerprint density at radius 1 is 1.33 bits per heavy atom. The van der Waals surface area contributed by atoms with E-state index in [2.05, 4.69) is 24.1 Å². The molecule has 1 aliphatic rings. The van der Waals surface area contributed by atoms with E-state index in [1.165, 1.54) is 7.11 Å². The van der Waals surface area contributed by atoms with Crippen LogP contribution in [0.2, 0.25) is 0 Å². The molecular formula is C16H25FN2O2. The normalized spacial score (nSPS) is 18.5. The molecule has 1 N–H and O–H groups in total. The first-order chi connectivity index (χ1) is 10.0. The molecule has 1 aromatic carbocycles. The second-order valence-corrected chi connectivity index (χ2v) is 5.87. The summed E-state index contributed by atoms with van der Waals surface area (Å²) in [6, 6.07) is 5.19. The zero-order valence-corrected chi connectivity index (χ0v) is 13.3. The molecule has 0 saturated carbocycles. The molecule has 1 fully saturated rings. The van der Waals surface area contributed by atoms with Crippen LogP contribution in [0.25, 0.3) is 0 Å². The summed E-state index contributed by atoms with van der Waals surface area (Å²) in [5, 5.41) is 3.33. The maximum atomic E-state index is 14.0. The van der Waals surface area contributed by atoms with E-state index in [4.69, 9.17) is 9.47 Å². The maximum Gasteiger partial charge on any atom is 0.165 e. The number of hydrogen-bond donors (Lipinski definition) is 1. The molecule has 0 bridgehead atoms. The van der Waals surface area contributed by atoms with Crippen molar-refractivity contribution >= 4 is 0 Å². The highest BCUT2D eigenvalue weighted by molar-refractivity contribution is 5.32. The molecule has 1 aromatic rings. The SMILES string of the molecule is CNC(c1ccc(OC)c(F)c1)C(C)(C)N1CCOCC1. The van der Waals surface area contributed by atoms with Crippen LogP contribution >= 0.6 is 0 Å². The van der Waals surface area contributed by atoms with Crippen molar-refractivity contribution in [3.8, 4) is 5.75 Å². The first kappa shape index (κ1) is 16.2. The van der Waals surface area contributed by atoms with Gasteiger partial charge in [-0.1, -0.05) is 6.07 Å². The molecule has 0 aliphatic carbocycles. The van der Waals surface area contributed by atoms with Gasteiger partial charge in [0.1, 0.15) is 0 Å². The number of benzene rings is 1. The summed E-state index contributed by atoms with van der Waals surface area (Å²) in [5.41, 5.74) is 0.784. The van der Waals surface area contributed by atoms with Crippen LogP contribution in [0.1, 0.15) is 25.5 Å². The predicted octanol–water partition coefficient (Wildman–Crippen LogP) is 2.21. The van der Waals surface area contributed by atoms with Crippen LogP contribution in [0.3, 0.4) is 0 Å². The molecule has 1 saturated heterocycles. The lowest BCUT2D eigenvalue weighted by atomic mass is 9.86. The molecule has 5 heteroatoms. The Morgan fingerprint density at radius 2 is 2.00 bits per heavy atom. The third-order valence-corrected chi connectivity index (χ3v) is 4.33. The third kappa shape index (κ3) is 3.36. The lowest BCUT2D eigenvalue weighted by molar-refractivity contribution is -0.0229. The molecule has 0 amide bonds. The lowest BCUT2D eigenvalue weighted by Gasteiger charge is -2.46. The highest BCUT2D eigenvalue weighted by atomic mass is 19.1. The van der Waals surface area contributed by atoms with Crippen LogP contribution in [-0.2, 0) is 4.74 Å². The van der Waals surface area contributed by atoms with Gasteiger partial charge in [0.25, 0.3) is 0 Å². The van der Waals surface area contributed by atoms with Gasteiger partial charge in [-0.25, -0.2) is 4.39 Å². The van der Waals surface area contributed by atoms with Gasteiger partial charge in [0.15, 0.2) is 11.6 Å². The Labute approximate surface area is 126 Å². The van der Waals surface area contributed by atoms with E-state index in [0.29, 0.717) is 0 Å². The van der Waals surface area contributed by atoms with Gasteiger partial charge in [0, 0.05) is 18.6 Å². The van der Waals surface area contributed by atoms with E-state index < -0.39 is 0 Å². The molecule has 1 unspecified atom stereocenters. The van der Waals surface area contributed by atoms with Crippen molar-refractivity contribution in [3.63, 3.8) is 0 Å². The summed E-state index contributed by atoms with van der Waals surface area (Å²) in [7, 11) is 3.39. The zero-order chi connectivity index (χ0) is 15.5. The Bertz CT molecular complexity index is 473. The average Bonchev–Trinajstić information content (AvgIpc) is 2.49. The minimum atomic E-state index is -0.326. The van der Waals surface area contributed by atoms with Crippen LogP contribution in [0.5, 0.6) is 5.75 Å². The molecule has 2 rings (SSSR count). The fourth-order valence-corrected chi connectivity index (χ4v) is 3.11. The van der Waals surface area contributed by atoms with Gasteiger partial charge in [-0.05, 0) is 38.6 Å². The van der Waals surface area contributed by atoms with Crippen molar-refractivity contribution in [1.82, 2.24) is 10.2 Å². The van der Waals surface area contributed by atoms with Crippen molar-refractivity contribution in [2.24, 2.45) is 0 Å². The number of nitrogens with one attached hydrogen (secondary N) is 1. The summed E-state index contributed by atoms with van der Waals surface area (Å²) in [4.78, 5) is 2.39. The number of hydrogen-bond acceptors (Lipinski definition) is 4. The molecular weight excluding hydrogens is 271 g/mol. The number of morpholine rings is 1. The van der Waals surface area contributed by atoms with Gasteiger partial charge in [-0.3, -0.25) is 4.90 Å². The molecule has 21 heavy (non-hydrogen) atoms. The van der Waals surface area contributed by atoms with Crippen LogP contribution in [0, 0.1) is 5.82 Å². The van der Waals surface area contributed by atoms with Gasteiger partial charge < -0.3 is 14.8 Å². The Kier molecular flexibility index (Phi) is 5.19. The topological polar surface area (TPSA) is 33.7 Å². The fourth-order valence-electron chi connectivity index (χ4n) is 3.11. The molecule has 1 atom stereocenters. The minimum Gasteiger partial charge on any atom is -0.494 e. The first-order valence-corrected chi connectivity index (χ1v) is 7.34. The summed E-state index contributed by atoms with van der Waals surface area (Å²) in [6.45, 7) is 7.64.